The van der Waals surface area contributed by atoms with Crippen LogP contribution < -0.4 is 5.32 Å². The van der Waals surface area contributed by atoms with Crippen molar-refractivity contribution in [3.05, 3.63) is 35.9 Å². The molecule has 0 heterocycles. The lowest BCUT2D eigenvalue weighted by Gasteiger charge is -2.38. The Hall–Kier alpha value is -0.870. The topological polar surface area (TPSA) is 46.2 Å². The van der Waals surface area contributed by atoms with Crippen LogP contribution in [0, 0.1) is 0 Å². The average Bonchev–Trinajstić information content (AvgIpc) is 2.26. The summed E-state index contributed by atoms with van der Waals surface area (Å²) in [5.41, 5.74) is 1.39. The Morgan fingerprint density at radius 3 is 2.32 bits per heavy atom. The summed E-state index contributed by atoms with van der Waals surface area (Å²) in [4.78, 5) is 0. The van der Waals surface area contributed by atoms with E-state index in [1.54, 1.807) is 13.8 Å². The Balaban J connectivity index is 1.80. The molecule has 0 saturated heterocycles. The fraction of sp³-hybridized carbons (Fsp3) is 0.600. The zero-order valence-corrected chi connectivity index (χ0v) is 12.7. The maximum Gasteiger partial charge on any atom is 0.153 e. The van der Waals surface area contributed by atoms with E-state index in [1.807, 2.05) is 6.07 Å². The van der Waals surface area contributed by atoms with Crippen LogP contribution in [0.5, 0.6) is 0 Å². The van der Waals surface area contributed by atoms with Crippen molar-refractivity contribution in [1.29, 1.82) is 0 Å². The molecule has 1 fully saturated rings. The molecule has 19 heavy (non-hydrogen) atoms. The van der Waals surface area contributed by atoms with Crippen LogP contribution in [0.2, 0.25) is 0 Å². The highest BCUT2D eigenvalue weighted by molar-refractivity contribution is 7.92. The summed E-state index contributed by atoms with van der Waals surface area (Å²) in [6, 6.07) is 11.0. The van der Waals surface area contributed by atoms with Gasteiger partial charge in [0.1, 0.15) is 0 Å². The van der Waals surface area contributed by atoms with Gasteiger partial charge in [-0.2, -0.15) is 0 Å². The van der Waals surface area contributed by atoms with Crippen molar-refractivity contribution in [3.8, 4) is 0 Å². The van der Waals surface area contributed by atoms with E-state index in [4.69, 9.17) is 0 Å². The van der Waals surface area contributed by atoms with Gasteiger partial charge in [0.15, 0.2) is 9.84 Å². The molecule has 0 unspecified atom stereocenters. The first-order valence-corrected chi connectivity index (χ1v) is 8.67. The minimum absolute atomic E-state index is 0.450. The SMILES string of the molecule is CC(C)(CNC1CC(c2ccccc2)C1)S(C)(=O)=O. The van der Waals surface area contributed by atoms with Gasteiger partial charge in [-0.05, 0) is 38.2 Å². The number of rotatable bonds is 5. The molecule has 1 saturated carbocycles. The molecular formula is C15H23NO2S. The van der Waals surface area contributed by atoms with Gasteiger partial charge in [-0.15, -0.1) is 0 Å². The fourth-order valence-corrected chi connectivity index (χ4v) is 2.65. The molecule has 2 rings (SSSR count). The monoisotopic (exact) mass is 281 g/mol. The largest absolute Gasteiger partial charge is 0.312 e. The molecule has 1 aliphatic carbocycles. The highest BCUT2D eigenvalue weighted by Gasteiger charge is 2.34. The maximum atomic E-state index is 11.6. The van der Waals surface area contributed by atoms with E-state index in [0.717, 1.165) is 12.8 Å². The van der Waals surface area contributed by atoms with Crippen molar-refractivity contribution in [2.45, 2.75) is 43.4 Å². The first-order valence-electron chi connectivity index (χ1n) is 6.77. The number of sulfone groups is 1. The molecule has 0 aromatic heterocycles. The molecule has 0 aliphatic heterocycles. The summed E-state index contributed by atoms with van der Waals surface area (Å²) in [5.74, 6) is 0.625. The second-order valence-corrected chi connectivity index (χ2v) is 8.84. The molecular weight excluding hydrogens is 258 g/mol. The van der Waals surface area contributed by atoms with Gasteiger partial charge in [-0.1, -0.05) is 30.3 Å². The van der Waals surface area contributed by atoms with Crippen molar-refractivity contribution >= 4 is 9.84 Å². The summed E-state index contributed by atoms with van der Waals surface area (Å²) in [6.07, 6.45) is 3.51. The minimum atomic E-state index is -3.01. The highest BCUT2D eigenvalue weighted by Crippen LogP contribution is 2.36. The normalized spacial score (nSPS) is 23.9. The molecule has 1 N–H and O–H groups in total. The second-order valence-electron chi connectivity index (χ2n) is 6.19. The van der Waals surface area contributed by atoms with E-state index in [0.29, 0.717) is 18.5 Å². The highest BCUT2D eigenvalue weighted by atomic mass is 32.2. The van der Waals surface area contributed by atoms with Crippen LogP contribution in [-0.4, -0.2) is 32.0 Å². The summed E-state index contributed by atoms with van der Waals surface area (Å²) in [5, 5.41) is 3.39. The Morgan fingerprint density at radius 1 is 1.21 bits per heavy atom. The van der Waals surface area contributed by atoms with E-state index in [9.17, 15) is 8.42 Å². The molecule has 0 spiro atoms. The third kappa shape index (κ3) is 3.37. The van der Waals surface area contributed by atoms with Crippen molar-refractivity contribution in [2.24, 2.45) is 0 Å². The van der Waals surface area contributed by atoms with Gasteiger partial charge >= 0.3 is 0 Å². The van der Waals surface area contributed by atoms with Crippen LogP contribution in [0.1, 0.15) is 38.2 Å². The predicted molar refractivity (Wildman–Crippen MR) is 79.1 cm³/mol. The number of benzene rings is 1. The zero-order chi connectivity index (χ0) is 14.1. The van der Waals surface area contributed by atoms with Crippen LogP contribution in [0.15, 0.2) is 30.3 Å². The second kappa shape index (κ2) is 5.25. The van der Waals surface area contributed by atoms with E-state index < -0.39 is 14.6 Å². The average molecular weight is 281 g/mol. The predicted octanol–water partition coefficient (Wildman–Crippen LogP) is 2.35. The summed E-state index contributed by atoms with van der Waals surface area (Å²) >= 11 is 0. The van der Waals surface area contributed by atoms with Gasteiger partial charge in [0.2, 0.25) is 0 Å². The van der Waals surface area contributed by atoms with Gasteiger partial charge in [0, 0.05) is 18.8 Å². The van der Waals surface area contributed by atoms with Crippen molar-refractivity contribution in [1.82, 2.24) is 5.32 Å². The molecule has 1 aromatic carbocycles. The lowest BCUT2D eigenvalue weighted by molar-refractivity contribution is 0.284. The third-order valence-electron chi connectivity index (χ3n) is 4.23. The number of hydrogen-bond acceptors (Lipinski definition) is 3. The maximum absolute atomic E-state index is 11.6. The minimum Gasteiger partial charge on any atom is -0.312 e. The molecule has 0 radical (unpaired) electrons. The van der Waals surface area contributed by atoms with E-state index in [1.165, 1.54) is 11.8 Å². The van der Waals surface area contributed by atoms with Gasteiger partial charge in [-0.3, -0.25) is 0 Å². The van der Waals surface area contributed by atoms with Gasteiger partial charge in [0.05, 0.1) is 4.75 Å². The lowest BCUT2D eigenvalue weighted by atomic mass is 9.76. The van der Waals surface area contributed by atoms with E-state index in [-0.39, 0.29) is 0 Å². The van der Waals surface area contributed by atoms with E-state index in [2.05, 4.69) is 29.6 Å². The Bertz CT molecular complexity index is 516. The molecule has 3 nitrogen and oxygen atoms in total. The Morgan fingerprint density at radius 2 is 1.79 bits per heavy atom. The van der Waals surface area contributed by atoms with Crippen LogP contribution >= 0.6 is 0 Å². The van der Waals surface area contributed by atoms with Crippen molar-refractivity contribution in [2.75, 3.05) is 12.8 Å². The van der Waals surface area contributed by atoms with Crippen LogP contribution in [0.3, 0.4) is 0 Å². The summed E-state index contributed by atoms with van der Waals surface area (Å²) < 4.78 is 22.5. The lowest BCUT2D eigenvalue weighted by Crippen LogP contribution is -2.49. The van der Waals surface area contributed by atoms with Gasteiger partial charge in [0.25, 0.3) is 0 Å². The molecule has 106 valence electrons. The van der Waals surface area contributed by atoms with E-state index >= 15 is 0 Å². The van der Waals surface area contributed by atoms with Crippen LogP contribution in [0.25, 0.3) is 0 Å². The molecule has 1 aliphatic rings. The van der Waals surface area contributed by atoms with Crippen LogP contribution in [0.4, 0.5) is 0 Å². The van der Waals surface area contributed by atoms with Crippen molar-refractivity contribution in [3.63, 3.8) is 0 Å². The number of hydrogen-bond donors (Lipinski definition) is 1. The summed E-state index contributed by atoms with van der Waals surface area (Å²) in [7, 11) is -3.01. The molecule has 1 aromatic rings. The quantitative estimate of drug-likeness (QED) is 0.901. The third-order valence-corrected chi connectivity index (χ3v) is 6.38. The smallest absolute Gasteiger partial charge is 0.153 e. The number of nitrogens with one attached hydrogen (secondary N) is 1. The Labute approximate surface area is 116 Å². The molecule has 4 heteroatoms. The first-order chi connectivity index (χ1) is 8.79. The Kier molecular flexibility index (Phi) is 4.02. The summed E-state index contributed by atoms with van der Waals surface area (Å²) in [6.45, 7) is 4.09. The fourth-order valence-electron chi connectivity index (χ4n) is 2.30. The molecule has 0 bridgehead atoms. The molecule has 0 atom stereocenters. The van der Waals surface area contributed by atoms with Crippen molar-refractivity contribution < 1.29 is 8.42 Å². The zero-order valence-electron chi connectivity index (χ0n) is 11.9. The molecule has 0 amide bonds. The van der Waals surface area contributed by atoms with Gasteiger partial charge in [-0.25, -0.2) is 8.42 Å². The van der Waals surface area contributed by atoms with Crippen LogP contribution in [-0.2, 0) is 9.84 Å². The standard InChI is InChI=1S/C15H23NO2S/c1-15(2,19(3,17)18)11-16-14-9-13(10-14)12-7-5-4-6-8-12/h4-8,13-14,16H,9-11H2,1-3H3. The van der Waals surface area contributed by atoms with Gasteiger partial charge < -0.3 is 5.32 Å². The first kappa shape index (κ1) is 14.5.